The topological polar surface area (TPSA) is 54.8 Å². The predicted molar refractivity (Wildman–Crippen MR) is 275 cm³/mol. The molecule has 66 heavy (non-hydrogen) atoms. The number of amidine groups is 2. The highest BCUT2D eigenvalue weighted by atomic mass is 16.3. The first-order chi connectivity index (χ1) is 32.7. The molecule has 1 aliphatic carbocycles. The van der Waals surface area contributed by atoms with E-state index in [4.69, 9.17) is 14.4 Å². The molecule has 5 nitrogen and oxygen atoms in total. The number of hydrogen-bond donors (Lipinski definition) is 1. The largest absolute Gasteiger partial charge is 0.456 e. The summed E-state index contributed by atoms with van der Waals surface area (Å²) in [5.74, 6) is 1.41. The Labute approximate surface area is 380 Å². The average molecular weight is 845 g/mol. The number of rotatable bonds is 6. The maximum Gasteiger partial charge on any atom is 0.159 e. The second-order valence-electron chi connectivity index (χ2n) is 17.0. The highest BCUT2D eigenvalue weighted by molar-refractivity contribution is 6.15. The van der Waals surface area contributed by atoms with Gasteiger partial charge in [0.15, 0.2) is 5.84 Å². The molecule has 13 rings (SSSR count). The zero-order chi connectivity index (χ0) is 43.6. The van der Waals surface area contributed by atoms with E-state index >= 15 is 0 Å². The molecule has 0 fully saturated rings. The maximum atomic E-state index is 6.93. The Morgan fingerprint density at radius 2 is 1.03 bits per heavy atom. The van der Waals surface area contributed by atoms with Gasteiger partial charge in [-0.3, -0.25) is 0 Å². The number of aliphatic imine (C=N–C) groups is 2. The number of aromatic nitrogens is 1. The van der Waals surface area contributed by atoms with Crippen molar-refractivity contribution in [1.29, 1.82) is 0 Å². The molecule has 2 aromatic heterocycles. The first-order valence-corrected chi connectivity index (χ1v) is 22.4. The summed E-state index contributed by atoms with van der Waals surface area (Å²) >= 11 is 0. The molecule has 3 heterocycles. The second kappa shape index (κ2) is 15.5. The lowest BCUT2D eigenvalue weighted by Gasteiger charge is -2.24. The minimum absolute atomic E-state index is 0.355. The van der Waals surface area contributed by atoms with Gasteiger partial charge in [0.1, 0.15) is 23.0 Å². The molecule has 9 aromatic carbocycles. The molecular weight excluding hydrogens is 805 g/mol. The van der Waals surface area contributed by atoms with Crippen LogP contribution in [0.4, 0.5) is 0 Å². The predicted octanol–water partition coefficient (Wildman–Crippen LogP) is 13.3. The number of nitrogens with one attached hydrogen (secondary N) is 1. The van der Waals surface area contributed by atoms with E-state index in [1.807, 2.05) is 0 Å². The molecule has 0 saturated heterocycles. The van der Waals surface area contributed by atoms with E-state index in [1.54, 1.807) is 0 Å². The SMILES string of the molecule is C1=c2\oc3cc(C4=NC(c5ccc6ccccc6c5)=NC(c5ccc6ccccc6c5)N4)ccc3\c2=C\C=C\C=C/1n1c2cc(-c3ccccc3)ccc2c2ccc(-c3ccccc3)cc21. The highest BCUT2D eigenvalue weighted by Crippen LogP contribution is 2.37. The number of allylic oxidation sites excluding steroid dienone is 4. The molecule has 0 spiro atoms. The molecular formula is C61H40N4O. The van der Waals surface area contributed by atoms with Crippen LogP contribution in [0.2, 0.25) is 0 Å². The Morgan fingerprint density at radius 3 is 1.73 bits per heavy atom. The van der Waals surface area contributed by atoms with E-state index in [0.29, 0.717) is 5.84 Å². The van der Waals surface area contributed by atoms with Crippen molar-refractivity contribution in [2.45, 2.75) is 6.17 Å². The van der Waals surface area contributed by atoms with Gasteiger partial charge in [-0.05, 0) is 91.8 Å². The molecule has 1 atom stereocenters. The molecule has 5 heteroatoms. The van der Waals surface area contributed by atoms with Crippen LogP contribution in [0.25, 0.3) is 94.4 Å². The molecule has 310 valence electrons. The Balaban J connectivity index is 0.952. The smallest absolute Gasteiger partial charge is 0.159 e. The fraction of sp³-hybridized carbons (Fsp3) is 0.0164. The Hall–Kier alpha value is -8.80. The summed E-state index contributed by atoms with van der Waals surface area (Å²) in [6.07, 6.45) is 10.4. The van der Waals surface area contributed by atoms with E-state index in [9.17, 15) is 0 Å². The summed E-state index contributed by atoms with van der Waals surface area (Å²) in [5, 5.41) is 12.8. The number of fused-ring (bicyclic) bond motifs is 8. The van der Waals surface area contributed by atoms with E-state index in [-0.39, 0.29) is 6.17 Å². The summed E-state index contributed by atoms with van der Waals surface area (Å²) in [6, 6.07) is 71.1. The molecule has 0 bridgehead atoms. The second-order valence-corrected chi connectivity index (χ2v) is 17.0. The van der Waals surface area contributed by atoms with Crippen LogP contribution in [0.3, 0.4) is 0 Å². The van der Waals surface area contributed by atoms with Gasteiger partial charge in [-0.1, -0.05) is 182 Å². The average Bonchev–Trinajstić information content (AvgIpc) is 3.89. The van der Waals surface area contributed by atoms with Crippen LogP contribution in [-0.4, -0.2) is 16.2 Å². The summed E-state index contributed by atoms with van der Waals surface area (Å²) < 4.78 is 9.32. The summed E-state index contributed by atoms with van der Waals surface area (Å²) in [6.45, 7) is 0. The van der Waals surface area contributed by atoms with Crippen LogP contribution < -0.4 is 16.0 Å². The van der Waals surface area contributed by atoms with Crippen LogP contribution in [0, 0.1) is 0 Å². The van der Waals surface area contributed by atoms with Crippen LogP contribution in [0.15, 0.2) is 233 Å². The highest BCUT2D eigenvalue weighted by Gasteiger charge is 2.23. The van der Waals surface area contributed by atoms with Gasteiger partial charge in [-0.15, -0.1) is 0 Å². The van der Waals surface area contributed by atoms with Crippen LogP contribution in [0.1, 0.15) is 22.9 Å². The van der Waals surface area contributed by atoms with Gasteiger partial charge < -0.3 is 14.3 Å². The number of nitrogens with zero attached hydrogens (tertiary/aromatic N) is 3. The lowest BCUT2D eigenvalue weighted by Crippen LogP contribution is -2.33. The van der Waals surface area contributed by atoms with Crippen molar-refractivity contribution in [3.8, 4) is 22.3 Å². The fourth-order valence-electron chi connectivity index (χ4n) is 9.71. The van der Waals surface area contributed by atoms with Gasteiger partial charge in [0.05, 0.1) is 11.0 Å². The molecule has 11 aromatic rings. The quantitative estimate of drug-likeness (QED) is 0.181. The van der Waals surface area contributed by atoms with Crippen molar-refractivity contribution in [2.24, 2.45) is 9.98 Å². The van der Waals surface area contributed by atoms with Gasteiger partial charge in [-0.2, -0.15) is 0 Å². The molecule has 2 aliphatic rings. The summed E-state index contributed by atoms with van der Waals surface area (Å²) in [5.41, 5.74) is 12.5. The van der Waals surface area contributed by atoms with Gasteiger partial charge in [-0.25, -0.2) is 9.98 Å². The van der Waals surface area contributed by atoms with Gasteiger partial charge in [0.2, 0.25) is 0 Å². The van der Waals surface area contributed by atoms with Crippen LogP contribution in [-0.2, 0) is 0 Å². The summed E-state index contributed by atoms with van der Waals surface area (Å²) in [4.78, 5) is 10.5. The number of hydrogen-bond acceptors (Lipinski definition) is 4. The van der Waals surface area contributed by atoms with Gasteiger partial charge >= 0.3 is 0 Å². The van der Waals surface area contributed by atoms with Gasteiger partial charge in [0, 0.05) is 44.3 Å². The number of furan rings is 1. The fourth-order valence-corrected chi connectivity index (χ4v) is 9.71. The maximum absolute atomic E-state index is 6.93. The van der Waals surface area contributed by atoms with Gasteiger partial charge in [0.25, 0.3) is 0 Å². The van der Waals surface area contributed by atoms with E-state index in [2.05, 4.69) is 240 Å². The minimum atomic E-state index is -0.355. The first-order valence-electron chi connectivity index (χ1n) is 22.4. The van der Waals surface area contributed by atoms with Crippen LogP contribution in [0.5, 0.6) is 0 Å². The van der Waals surface area contributed by atoms with E-state index in [0.717, 1.165) is 66.2 Å². The Bertz CT molecular complexity index is 3920. The first kappa shape index (κ1) is 37.7. The normalized spacial score (nSPS) is 17.1. The summed E-state index contributed by atoms with van der Waals surface area (Å²) in [7, 11) is 0. The van der Waals surface area contributed by atoms with Crippen molar-refractivity contribution >= 4 is 83.8 Å². The third kappa shape index (κ3) is 6.56. The van der Waals surface area contributed by atoms with Crippen molar-refractivity contribution in [1.82, 2.24) is 9.88 Å². The van der Waals surface area contributed by atoms with E-state index < -0.39 is 0 Å². The van der Waals surface area contributed by atoms with Crippen molar-refractivity contribution in [3.63, 3.8) is 0 Å². The van der Waals surface area contributed by atoms with E-state index in [1.165, 1.54) is 49.2 Å². The van der Waals surface area contributed by atoms with Crippen molar-refractivity contribution < 1.29 is 4.42 Å². The Morgan fingerprint density at radius 1 is 0.455 bits per heavy atom. The molecule has 0 saturated carbocycles. The lowest BCUT2D eigenvalue weighted by molar-refractivity contribution is 0.575. The third-order valence-corrected chi connectivity index (χ3v) is 13.0. The monoisotopic (exact) mass is 844 g/mol. The molecule has 1 aliphatic heterocycles. The third-order valence-electron chi connectivity index (χ3n) is 13.0. The lowest BCUT2D eigenvalue weighted by atomic mass is 10.0. The van der Waals surface area contributed by atoms with Crippen molar-refractivity contribution in [2.75, 3.05) is 0 Å². The molecule has 1 unspecified atom stereocenters. The van der Waals surface area contributed by atoms with Crippen molar-refractivity contribution in [3.05, 3.63) is 246 Å². The van der Waals surface area contributed by atoms with Crippen LogP contribution >= 0.6 is 0 Å². The zero-order valence-electron chi connectivity index (χ0n) is 35.8. The molecule has 1 N–H and O–H groups in total. The standard InChI is InChI=1S/C61H40N4O/c1-3-13-39(14-4-1)45-27-30-51-52-31-28-46(40-15-5-2-6-16-40)36-56(52)65(55(51)35-45)50-21-11-12-22-53-54-32-29-49(37-57(54)66-58(53)38-50)61-63-59(47-25-23-41-17-7-9-19-43(41)33-47)62-60(64-61)48-26-24-42-18-8-10-20-44(42)34-48/h1-38,59H,(H,62,63,64)/b12-11+,21-11?,22-12?,50-21+,50-38?,53-22-,58-38-. The molecule has 0 amide bonds. The molecule has 0 radical (unpaired) electrons. The number of benzene rings is 9. The minimum Gasteiger partial charge on any atom is -0.456 e. The Kier molecular flexibility index (Phi) is 8.84. The zero-order valence-corrected chi connectivity index (χ0v) is 35.8.